The SMILES string of the molecule is C[C@H]1C[C@]2(CCN1Cc1ccc3[nH]nc(C(F)(F)F)c3c1)CN(C)S(=O)(=O)N2c1cccc(F)c1. The van der Waals surface area contributed by atoms with Crippen molar-refractivity contribution in [2.45, 2.75) is 44.1 Å². The van der Waals surface area contributed by atoms with Gasteiger partial charge in [0.05, 0.1) is 16.7 Å². The molecule has 188 valence electrons. The number of likely N-dealkylation sites (N-methyl/N-ethyl adjacent to an activating group) is 1. The van der Waals surface area contributed by atoms with Crippen molar-refractivity contribution in [2.75, 3.05) is 24.4 Å². The lowest BCUT2D eigenvalue weighted by molar-refractivity contribution is -0.139. The van der Waals surface area contributed by atoms with Gasteiger partial charge in [-0.15, -0.1) is 0 Å². The van der Waals surface area contributed by atoms with E-state index in [0.29, 0.717) is 42.7 Å². The van der Waals surface area contributed by atoms with Gasteiger partial charge in [-0.25, -0.2) is 4.39 Å². The maximum absolute atomic E-state index is 14.0. The fourth-order valence-corrected chi connectivity index (χ4v) is 7.26. The third-order valence-electron chi connectivity index (χ3n) is 7.06. The number of aromatic nitrogens is 2. The molecular weight excluding hydrogens is 486 g/mol. The molecule has 3 aromatic rings. The van der Waals surface area contributed by atoms with Gasteiger partial charge in [0.1, 0.15) is 5.82 Å². The van der Waals surface area contributed by atoms with Crippen LogP contribution in [0.5, 0.6) is 0 Å². The molecule has 1 N–H and O–H groups in total. The summed E-state index contributed by atoms with van der Waals surface area (Å²) < 4.78 is 82.9. The molecule has 12 heteroatoms. The molecule has 0 bridgehead atoms. The Morgan fingerprint density at radius 1 is 1.20 bits per heavy atom. The second kappa shape index (κ2) is 8.17. The molecular formula is C23H25F4N5O2S. The minimum Gasteiger partial charge on any atom is -0.296 e. The molecule has 5 rings (SSSR count). The molecule has 0 unspecified atom stereocenters. The summed E-state index contributed by atoms with van der Waals surface area (Å²) in [5.41, 5.74) is -0.359. The Morgan fingerprint density at radius 2 is 1.97 bits per heavy atom. The Balaban J connectivity index is 1.41. The predicted molar refractivity (Wildman–Crippen MR) is 123 cm³/mol. The Bertz CT molecular complexity index is 1380. The number of halogens is 4. The van der Waals surface area contributed by atoms with Gasteiger partial charge in [-0.2, -0.15) is 31.0 Å². The third-order valence-corrected chi connectivity index (χ3v) is 9.04. The largest absolute Gasteiger partial charge is 0.435 e. The molecule has 2 fully saturated rings. The Labute approximate surface area is 200 Å². The number of rotatable bonds is 3. The van der Waals surface area contributed by atoms with E-state index in [1.165, 1.54) is 39.9 Å². The van der Waals surface area contributed by atoms with Crippen LogP contribution >= 0.6 is 0 Å². The lowest BCUT2D eigenvalue weighted by Gasteiger charge is -2.47. The molecule has 1 aromatic heterocycles. The second-order valence-corrected chi connectivity index (χ2v) is 11.3. The number of alkyl halides is 3. The molecule has 2 atom stereocenters. The van der Waals surface area contributed by atoms with Crippen molar-refractivity contribution in [1.82, 2.24) is 19.4 Å². The van der Waals surface area contributed by atoms with E-state index in [4.69, 9.17) is 0 Å². The smallest absolute Gasteiger partial charge is 0.296 e. The van der Waals surface area contributed by atoms with Gasteiger partial charge in [0, 0.05) is 38.1 Å². The Kier molecular flexibility index (Phi) is 5.61. The van der Waals surface area contributed by atoms with E-state index in [1.54, 1.807) is 18.2 Å². The first kappa shape index (κ1) is 24.0. The first-order chi connectivity index (χ1) is 16.4. The summed E-state index contributed by atoms with van der Waals surface area (Å²) in [6.07, 6.45) is -3.56. The van der Waals surface area contributed by atoms with E-state index < -0.39 is 33.4 Å². The van der Waals surface area contributed by atoms with Crippen molar-refractivity contribution >= 4 is 26.8 Å². The predicted octanol–water partition coefficient (Wildman–Crippen LogP) is 4.14. The third kappa shape index (κ3) is 4.07. The molecule has 2 aliphatic rings. The quantitative estimate of drug-likeness (QED) is 0.537. The highest BCUT2D eigenvalue weighted by Gasteiger charge is 2.55. The van der Waals surface area contributed by atoms with Crippen LogP contribution in [-0.2, 0) is 22.9 Å². The Morgan fingerprint density at radius 3 is 2.66 bits per heavy atom. The number of H-pyrrole nitrogens is 1. The zero-order valence-corrected chi connectivity index (χ0v) is 20.0. The average Bonchev–Trinajstić information content (AvgIpc) is 3.26. The molecule has 1 spiro atoms. The van der Waals surface area contributed by atoms with Crippen molar-refractivity contribution in [3.63, 3.8) is 0 Å². The highest BCUT2D eigenvalue weighted by atomic mass is 32.2. The molecule has 35 heavy (non-hydrogen) atoms. The fraction of sp³-hybridized carbons (Fsp3) is 0.435. The highest BCUT2D eigenvalue weighted by molar-refractivity contribution is 7.90. The number of hydrogen-bond acceptors (Lipinski definition) is 4. The van der Waals surface area contributed by atoms with E-state index in [1.807, 2.05) is 6.92 Å². The maximum atomic E-state index is 14.0. The first-order valence-electron chi connectivity index (χ1n) is 11.2. The van der Waals surface area contributed by atoms with E-state index in [9.17, 15) is 26.0 Å². The van der Waals surface area contributed by atoms with Crippen LogP contribution < -0.4 is 4.31 Å². The van der Waals surface area contributed by atoms with E-state index >= 15 is 0 Å². The van der Waals surface area contributed by atoms with Gasteiger partial charge in [-0.1, -0.05) is 12.1 Å². The number of fused-ring (bicyclic) bond motifs is 1. The topological polar surface area (TPSA) is 72.5 Å². The molecule has 2 aliphatic heterocycles. The van der Waals surface area contributed by atoms with Crippen LogP contribution in [0.3, 0.4) is 0 Å². The zero-order chi connectivity index (χ0) is 25.2. The monoisotopic (exact) mass is 511 g/mol. The zero-order valence-electron chi connectivity index (χ0n) is 19.2. The highest BCUT2D eigenvalue weighted by Crippen LogP contribution is 2.44. The van der Waals surface area contributed by atoms with Crippen LogP contribution in [-0.4, -0.2) is 59.5 Å². The summed E-state index contributed by atoms with van der Waals surface area (Å²) in [5.74, 6) is -0.513. The molecule has 2 saturated heterocycles. The summed E-state index contributed by atoms with van der Waals surface area (Å²) in [6, 6.07) is 10.4. The van der Waals surface area contributed by atoms with Crippen LogP contribution in [0.25, 0.3) is 10.9 Å². The van der Waals surface area contributed by atoms with Gasteiger partial charge >= 0.3 is 16.4 Å². The molecule has 7 nitrogen and oxygen atoms in total. The van der Waals surface area contributed by atoms with Gasteiger partial charge < -0.3 is 0 Å². The van der Waals surface area contributed by atoms with Gasteiger partial charge in [0.2, 0.25) is 0 Å². The van der Waals surface area contributed by atoms with Gasteiger partial charge in [0.15, 0.2) is 5.69 Å². The van der Waals surface area contributed by atoms with Crippen molar-refractivity contribution in [1.29, 1.82) is 0 Å². The number of benzene rings is 2. The molecule has 0 amide bonds. The number of aromatic amines is 1. The van der Waals surface area contributed by atoms with Crippen molar-refractivity contribution in [3.8, 4) is 0 Å². The van der Waals surface area contributed by atoms with Crippen molar-refractivity contribution < 1.29 is 26.0 Å². The number of nitrogens with one attached hydrogen (secondary N) is 1. The number of anilines is 1. The van der Waals surface area contributed by atoms with Crippen molar-refractivity contribution in [2.24, 2.45) is 0 Å². The van der Waals surface area contributed by atoms with Crippen molar-refractivity contribution in [3.05, 3.63) is 59.5 Å². The van der Waals surface area contributed by atoms with E-state index in [0.717, 1.165) is 0 Å². The van der Waals surface area contributed by atoms with E-state index in [2.05, 4.69) is 15.1 Å². The number of piperidine rings is 1. The number of hydrogen-bond donors (Lipinski definition) is 1. The van der Waals surface area contributed by atoms with Gasteiger partial charge in [-0.3, -0.25) is 14.3 Å². The average molecular weight is 512 g/mol. The summed E-state index contributed by atoms with van der Waals surface area (Å²) in [4.78, 5) is 2.13. The Hall–Kier alpha value is -2.70. The first-order valence-corrected chi connectivity index (χ1v) is 12.6. The minimum absolute atomic E-state index is 0.0249. The van der Waals surface area contributed by atoms with Gasteiger partial charge in [0.25, 0.3) is 0 Å². The summed E-state index contributed by atoms with van der Waals surface area (Å²) in [6.45, 7) is 3.21. The van der Waals surface area contributed by atoms with Gasteiger partial charge in [-0.05, 0) is 55.7 Å². The standard InChI is InChI=1S/C23H25F4N5O2S/c1-15-12-22(14-30(2)35(33,34)32(22)18-5-3-4-17(24)11-18)8-9-31(15)13-16-6-7-20-19(10-16)21(29-28-20)23(25,26)27/h3-7,10-11,15H,8-9,12-14H2,1-2H3,(H,28,29)/t15-,22+/m0/s1. The summed E-state index contributed by atoms with van der Waals surface area (Å²) >= 11 is 0. The number of likely N-dealkylation sites (tertiary alicyclic amines) is 1. The molecule has 3 heterocycles. The van der Waals surface area contributed by atoms with E-state index in [-0.39, 0.29) is 18.0 Å². The summed E-state index contributed by atoms with van der Waals surface area (Å²) in [5, 5.41) is 5.88. The molecule has 0 aliphatic carbocycles. The lowest BCUT2D eigenvalue weighted by Crippen LogP contribution is -2.57. The molecule has 0 radical (unpaired) electrons. The van der Waals surface area contributed by atoms with Crippen LogP contribution in [0.1, 0.15) is 31.0 Å². The minimum atomic E-state index is -4.55. The van der Waals surface area contributed by atoms with Crippen LogP contribution in [0.2, 0.25) is 0 Å². The second-order valence-electron chi connectivity index (χ2n) is 9.46. The molecule has 0 saturated carbocycles. The normalized spacial score (nSPS) is 25.7. The summed E-state index contributed by atoms with van der Waals surface area (Å²) in [7, 11) is -2.30. The number of nitrogens with zero attached hydrogens (tertiary/aromatic N) is 4. The molecule has 2 aromatic carbocycles. The van der Waals surface area contributed by atoms with Crippen LogP contribution in [0.4, 0.5) is 23.2 Å². The lowest BCUT2D eigenvalue weighted by atomic mass is 9.82. The fourth-order valence-electron chi connectivity index (χ4n) is 5.48. The maximum Gasteiger partial charge on any atom is 0.435 e. The van der Waals surface area contributed by atoms with Crippen LogP contribution in [0.15, 0.2) is 42.5 Å². The van der Waals surface area contributed by atoms with Crippen LogP contribution in [0, 0.1) is 5.82 Å².